The Kier molecular flexibility index (Phi) is 10.3. The summed E-state index contributed by atoms with van der Waals surface area (Å²) in [5, 5.41) is 8.06. The fraction of sp³-hybridized carbons (Fsp3) is 0.407. The third-order valence-electron chi connectivity index (χ3n) is 5.78. The number of benzene rings is 2. The van der Waals surface area contributed by atoms with E-state index in [1.807, 2.05) is 0 Å². The SMILES string of the molecule is CCCCOc1ccc(C(=O)NCC(=O)OCC(=O)Nc2ccccc2C(=O)NC2CCCC2)cc1. The lowest BCUT2D eigenvalue weighted by molar-refractivity contribution is -0.146. The van der Waals surface area contributed by atoms with E-state index >= 15 is 0 Å². The average Bonchev–Trinajstić information content (AvgIpc) is 3.40. The highest BCUT2D eigenvalue weighted by atomic mass is 16.5. The minimum Gasteiger partial charge on any atom is -0.494 e. The Morgan fingerprint density at radius 1 is 0.944 bits per heavy atom. The van der Waals surface area contributed by atoms with E-state index < -0.39 is 24.4 Å². The molecule has 0 atom stereocenters. The monoisotopic (exact) mass is 495 g/mol. The third kappa shape index (κ3) is 8.41. The largest absolute Gasteiger partial charge is 0.494 e. The molecule has 1 fully saturated rings. The summed E-state index contributed by atoms with van der Waals surface area (Å²) >= 11 is 0. The fourth-order valence-corrected chi connectivity index (χ4v) is 3.80. The minimum absolute atomic E-state index is 0.148. The topological polar surface area (TPSA) is 123 Å². The zero-order valence-electron chi connectivity index (χ0n) is 20.5. The summed E-state index contributed by atoms with van der Waals surface area (Å²) in [6, 6.07) is 13.4. The number of amides is 3. The van der Waals surface area contributed by atoms with Gasteiger partial charge in [0.25, 0.3) is 17.7 Å². The standard InChI is InChI=1S/C27H33N3O6/c1-2-3-16-35-21-14-12-19(13-15-21)26(33)28-17-25(32)36-18-24(31)30-23-11-7-6-10-22(23)27(34)29-20-8-4-5-9-20/h6-7,10-15,20H,2-5,8-9,16-18H2,1H3,(H,28,33)(H,29,34)(H,30,31). The lowest BCUT2D eigenvalue weighted by atomic mass is 10.1. The van der Waals surface area contributed by atoms with Gasteiger partial charge in [0.05, 0.1) is 17.9 Å². The van der Waals surface area contributed by atoms with Crippen molar-refractivity contribution in [3.63, 3.8) is 0 Å². The van der Waals surface area contributed by atoms with Crippen LogP contribution in [0.4, 0.5) is 5.69 Å². The van der Waals surface area contributed by atoms with E-state index in [-0.39, 0.29) is 18.5 Å². The molecule has 0 spiro atoms. The first-order chi connectivity index (χ1) is 17.5. The summed E-state index contributed by atoms with van der Waals surface area (Å²) in [5.41, 5.74) is 1.05. The fourth-order valence-electron chi connectivity index (χ4n) is 3.80. The molecule has 2 aromatic carbocycles. The Bertz CT molecular complexity index is 1050. The highest BCUT2D eigenvalue weighted by molar-refractivity contribution is 6.04. The van der Waals surface area contributed by atoms with Crippen molar-refractivity contribution < 1.29 is 28.7 Å². The van der Waals surface area contributed by atoms with Crippen molar-refractivity contribution in [3.05, 3.63) is 59.7 Å². The van der Waals surface area contributed by atoms with Crippen molar-refractivity contribution in [1.82, 2.24) is 10.6 Å². The van der Waals surface area contributed by atoms with Gasteiger partial charge in [-0.1, -0.05) is 38.3 Å². The minimum atomic E-state index is -0.759. The average molecular weight is 496 g/mol. The van der Waals surface area contributed by atoms with Crippen LogP contribution in [-0.2, 0) is 14.3 Å². The smallest absolute Gasteiger partial charge is 0.325 e. The van der Waals surface area contributed by atoms with Crippen LogP contribution in [0.1, 0.15) is 66.2 Å². The van der Waals surface area contributed by atoms with E-state index in [1.165, 1.54) is 0 Å². The van der Waals surface area contributed by atoms with E-state index in [0.717, 1.165) is 38.5 Å². The normalized spacial score (nSPS) is 13.0. The molecule has 0 saturated heterocycles. The molecule has 36 heavy (non-hydrogen) atoms. The molecular formula is C27H33N3O6. The Hall–Kier alpha value is -3.88. The molecule has 1 aliphatic rings. The number of ether oxygens (including phenoxy) is 2. The molecule has 3 amide bonds. The van der Waals surface area contributed by atoms with Crippen LogP contribution in [-0.4, -0.2) is 49.5 Å². The number of carbonyl (C=O) groups excluding carboxylic acids is 4. The van der Waals surface area contributed by atoms with Gasteiger partial charge in [-0.3, -0.25) is 19.2 Å². The van der Waals surface area contributed by atoms with Crippen LogP contribution in [0.2, 0.25) is 0 Å². The van der Waals surface area contributed by atoms with Gasteiger partial charge in [0.15, 0.2) is 6.61 Å². The summed E-state index contributed by atoms with van der Waals surface area (Å²) in [5.74, 6) is -1.38. The molecule has 0 aromatic heterocycles. The highest BCUT2D eigenvalue weighted by Gasteiger charge is 2.20. The maximum Gasteiger partial charge on any atom is 0.325 e. The van der Waals surface area contributed by atoms with Gasteiger partial charge in [-0.15, -0.1) is 0 Å². The molecule has 3 N–H and O–H groups in total. The lowest BCUT2D eigenvalue weighted by Crippen LogP contribution is -2.34. The van der Waals surface area contributed by atoms with Crippen molar-refractivity contribution in [2.75, 3.05) is 25.1 Å². The Balaban J connectivity index is 1.41. The number of nitrogens with one attached hydrogen (secondary N) is 3. The number of carbonyl (C=O) groups is 4. The van der Waals surface area contributed by atoms with Crippen LogP contribution in [0, 0.1) is 0 Å². The molecule has 0 unspecified atom stereocenters. The first-order valence-corrected chi connectivity index (χ1v) is 12.3. The van der Waals surface area contributed by atoms with Crippen LogP contribution >= 0.6 is 0 Å². The van der Waals surface area contributed by atoms with Crippen LogP contribution in [0.5, 0.6) is 5.75 Å². The molecule has 0 heterocycles. The Morgan fingerprint density at radius 3 is 2.39 bits per heavy atom. The highest BCUT2D eigenvalue weighted by Crippen LogP contribution is 2.20. The maximum atomic E-state index is 12.6. The molecule has 0 bridgehead atoms. The summed E-state index contributed by atoms with van der Waals surface area (Å²) in [7, 11) is 0. The van der Waals surface area contributed by atoms with Crippen molar-refractivity contribution in [1.29, 1.82) is 0 Å². The Labute approximate surface area is 210 Å². The van der Waals surface area contributed by atoms with Crippen molar-refractivity contribution >= 4 is 29.4 Å². The molecular weight excluding hydrogens is 462 g/mol. The van der Waals surface area contributed by atoms with Crippen molar-refractivity contribution in [2.24, 2.45) is 0 Å². The van der Waals surface area contributed by atoms with E-state index in [1.54, 1.807) is 48.5 Å². The lowest BCUT2D eigenvalue weighted by Gasteiger charge is -2.15. The van der Waals surface area contributed by atoms with E-state index in [2.05, 4.69) is 22.9 Å². The molecule has 0 aliphatic heterocycles. The third-order valence-corrected chi connectivity index (χ3v) is 5.78. The van der Waals surface area contributed by atoms with Gasteiger partial charge < -0.3 is 25.4 Å². The first kappa shape index (κ1) is 26.7. The molecule has 3 rings (SSSR count). The number of anilines is 1. The summed E-state index contributed by atoms with van der Waals surface area (Å²) in [4.78, 5) is 49.2. The number of unbranched alkanes of at least 4 members (excludes halogenated alkanes) is 1. The quantitative estimate of drug-likeness (QED) is 0.306. The van der Waals surface area contributed by atoms with Crippen LogP contribution < -0.4 is 20.7 Å². The number of hydrogen-bond acceptors (Lipinski definition) is 6. The van der Waals surface area contributed by atoms with Gasteiger partial charge in [0.1, 0.15) is 12.3 Å². The second kappa shape index (κ2) is 13.9. The molecule has 2 aromatic rings. The van der Waals surface area contributed by atoms with Gasteiger partial charge in [0.2, 0.25) is 0 Å². The zero-order valence-corrected chi connectivity index (χ0v) is 20.5. The van der Waals surface area contributed by atoms with Crippen molar-refractivity contribution in [3.8, 4) is 5.75 Å². The maximum absolute atomic E-state index is 12.6. The summed E-state index contributed by atoms with van der Waals surface area (Å²) < 4.78 is 10.5. The van der Waals surface area contributed by atoms with Crippen LogP contribution in [0.25, 0.3) is 0 Å². The molecule has 192 valence electrons. The van der Waals surface area contributed by atoms with Gasteiger partial charge in [-0.05, 0) is 55.7 Å². The Morgan fingerprint density at radius 2 is 1.67 bits per heavy atom. The second-order valence-corrected chi connectivity index (χ2v) is 8.62. The number of esters is 1. The molecule has 9 nitrogen and oxygen atoms in total. The zero-order chi connectivity index (χ0) is 25.8. The predicted octanol–water partition coefficient (Wildman–Crippen LogP) is 3.45. The predicted molar refractivity (Wildman–Crippen MR) is 135 cm³/mol. The summed E-state index contributed by atoms with van der Waals surface area (Å²) in [6.07, 6.45) is 6.07. The van der Waals surface area contributed by atoms with Crippen molar-refractivity contribution in [2.45, 2.75) is 51.5 Å². The number of rotatable bonds is 12. The summed E-state index contributed by atoms with van der Waals surface area (Å²) in [6.45, 7) is 1.75. The number of hydrogen-bond donors (Lipinski definition) is 3. The second-order valence-electron chi connectivity index (χ2n) is 8.62. The van der Waals surface area contributed by atoms with E-state index in [4.69, 9.17) is 9.47 Å². The van der Waals surface area contributed by atoms with Gasteiger partial charge in [-0.2, -0.15) is 0 Å². The van der Waals surface area contributed by atoms with Crippen LogP contribution in [0.15, 0.2) is 48.5 Å². The molecule has 1 aliphatic carbocycles. The molecule has 0 radical (unpaired) electrons. The first-order valence-electron chi connectivity index (χ1n) is 12.3. The van der Waals surface area contributed by atoms with Crippen LogP contribution in [0.3, 0.4) is 0 Å². The van der Waals surface area contributed by atoms with E-state index in [0.29, 0.717) is 29.2 Å². The van der Waals surface area contributed by atoms with E-state index in [9.17, 15) is 19.2 Å². The molecule has 9 heteroatoms. The molecule has 1 saturated carbocycles. The van der Waals surface area contributed by atoms with Gasteiger partial charge >= 0.3 is 5.97 Å². The van der Waals surface area contributed by atoms with Gasteiger partial charge in [0, 0.05) is 11.6 Å². The number of para-hydroxylation sites is 1. The van der Waals surface area contributed by atoms with Gasteiger partial charge in [-0.25, -0.2) is 0 Å².